The molecule has 194 valence electrons. The number of rotatable bonds is 3. The number of halogens is 4. The van der Waals surface area contributed by atoms with Gasteiger partial charge in [-0.25, -0.2) is 13.4 Å². The zero-order valence-corrected chi connectivity index (χ0v) is 19.5. The van der Waals surface area contributed by atoms with Crippen LogP contribution in [0.5, 0.6) is 0 Å². The summed E-state index contributed by atoms with van der Waals surface area (Å²) in [5.74, 6) is -6.48. The van der Waals surface area contributed by atoms with Gasteiger partial charge in [0.25, 0.3) is 5.92 Å². The van der Waals surface area contributed by atoms with Gasteiger partial charge in [0.1, 0.15) is 11.3 Å². The fourth-order valence-corrected chi connectivity index (χ4v) is 4.82. The minimum Gasteiger partial charge on any atom is -0.545 e. The Labute approximate surface area is 212 Å². The van der Waals surface area contributed by atoms with Crippen molar-refractivity contribution in [2.24, 2.45) is 0 Å². The molecule has 0 atom stereocenters. The molecule has 0 radical (unpaired) electrons. The van der Waals surface area contributed by atoms with Gasteiger partial charge in [-0.2, -0.15) is 18.4 Å². The molecule has 3 aliphatic heterocycles. The van der Waals surface area contributed by atoms with Crippen molar-refractivity contribution >= 4 is 28.8 Å². The Hall–Kier alpha value is -4.50. The number of alkyl halides is 4. The Kier molecular flexibility index (Phi) is 6.03. The molecule has 38 heavy (non-hydrogen) atoms. The predicted molar refractivity (Wildman–Crippen MR) is 125 cm³/mol. The van der Waals surface area contributed by atoms with Crippen molar-refractivity contribution in [1.29, 1.82) is 0 Å². The largest absolute Gasteiger partial charge is 0.545 e. The van der Waals surface area contributed by atoms with Crippen LogP contribution in [0.15, 0.2) is 65.1 Å². The Morgan fingerprint density at radius 1 is 0.921 bits per heavy atom. The van der Waals surface area contributed by atoms with E-state index < -0.39 is 44.0 Å². The SMILES string of the molecule is O=C([O-])c1ccccc1-c1c2ccc(=[N+]3CC(F)(F)C3)cc-2oc2cc(N3CC(F)(F)C3)ccc12.O=C=O. The molecule has 11 heteroatoms. The van der Waals surface area contributed by atoms with E-state index in [1.165, 1.54) is 15.5 Å². The maximum absolute atomic E-state index is 13.4. The van der Waals surface area contributed by atoms with Gasteiger partial charge in [-0.05, 0) is 23.8 Å². The Bertz CT molecular complexity index is 1640. The summed E-state index contributed by atoms with van der Waals surface area (Å²) in [6, 6.07) is 16.5. The van der Waals surface area contributed by atoms with Crippen LogP contribution >= 0.6 is 0 Å². The molecule has 2 aromatic carbocycles. The monoisotopic (exact) mass is 526 g/mol. The van der Waals surface area contributed by atoms with Crippen molar-refractivity contribution in [2.45, 2.75) is 11.8 Å². The molecular weight excluding hydrogens is 508 g/mol. The number of carbonyl (C=O) groups is 1. The van der Waals surface area contributed by atoms with Crippen molar-refractivity contribution in [2.75, 3.05) is 31.1 Å². The highest BCUT2D eigenvalue weighted by Crippen LogP contribution is 2.43. The molecule has 3 heterocycles. The number of nitrogens with zero attached hydrogens (tertiary/aromatic N) is 2. The Morgan fingerprint density at radius 3 is 2.24 bits per heavy atom. The van der Waals surface area contributed by atoms with Gasteiger partial charge >= 0.3 is 12.1 Å². The van der Waals surface area contributed by atoms with E-state index in [9.17, 15) is 27.5 Å². The number of anilines is 1. The number of carboxylic acids is 1. The van der Waals surface area contributed by atoms with Crippen LogP contribution in [0.2, 0.25) is 0 Å². The van der Waals surface area contributed by atoms with Crippen molar-refractivity contribution < 1.29 is 41.5 Å². The number of hydrogen-bond donors (Lipinski definition) is 0. The first-order valence-electron chi connectivity index (χ1n) is 11.4. The smallest absolute Gasteiger partial charge is 0.373 e. The maximum atomic E-state index is 13.4. The highest BCUT2D eigenvalue weighted by atomic mass is 19.3. The minimum absolute atomic E-state index is 0.0146. The van der Waals surface area contributed by atoms with Crippen LogP contribution in [0.3, 0.4) is 0 Å². The third-order valence-corrected chi connectivity index (χ3v) is 6.52. The summed E-state index contributed by atoms with van der Waals surface area (Å²) in [4.78, 5) is 29.6. The van der Waals surface area contributed by atoms with Gasteiger partial charge in [-0.3, -0.25) is 0 Å². The van der Waals surface area contributed by atoms with Crippen molar-refractivity contribution in [3.05, 3.63) is 71.6 Å². The van der Waals surface area contributed by atoms with Crippen LogP contribution in [0, 0.1) is 0 Å². The first-order chi connectivity index (χ1) is 18.0. The lowest BCUT2D eigenvalue weighted by atomic mass is 9.90. The normalized spacial score (nSPS) is 17.2. The molecule has 4 aliphatic rings. The van der Waals surface area contributed by atoms with Gasteiger partial charge in [0.05, 0.1) is 25.1 Å². The van der Waals surface area contributed by atoms with Gasteiger partial charge in [0.2, 0.25) is 18.4 Å². The number of hydrogen-bond acceptors (Lipinski definition) is 6. The van der Waals surface area contributed by atoms with Crippen molar-refractivity contribution in [3.8, 4) is 22.5 Å². The van der Waals surface area contributed by atoms with E-state index in [1.807, 2.05) is 0 Å². The first-order valence-corrected chi connectivity index (χ1v) is 11.4. The molecule has 7 nitrogen and oxygen atoms in total. The van der Waals surface area contributed by atoms with E-state index in [4.69, 9.17) is 14.0 Å². The molecule has 0 unspecified atom stereocenters. The van der Waals surface area contributed by atoms with E-state index in [0.29, 0.717) is 44.5 Å². The maximum Gasteiger partial charge on any atom is 0.373 e. The summed E-state index contributed by atoms with van der Waals surface area (Å²) in [6.07, 6.45) is 0.250. The van der Waals surface area contributed by atoms with Crippen LogP contribution in [-0.2, 0) is 9.59 Å². The van der Waals surface area contributed by atoms with E-state index in [2.05, 4.69) is 0 Å². The second-order valence-electron chi connectivity index (χ2n) is 9.18. The van der Waals surface area contributed by atoms with Crippen LogP contribution in [-0.4, -0.2) is 50.1 Å². The van der Waals surface area contributed by atoms with E-state index in [1.54, 1.807) is 54.6 Å². The predicted octanol–water partition coefficient (Wildman–Crippen LogP) is 2.86. The number of carboxylic acid groups (broad SMARTS) is 1. The number of fused-ring (bicyclic) bond motifs is 2. The lowest BCUT2D eigenvalue weighted by Crippen LogP contribution is -2.57. The molecule has 0 amide bonds. The zero-order valence-electron chi connectivity index (χ0n) is 19.5. The van der Waals surface area contributed by atoms with Crippen LogP contribution in [0.1, 0.15) is 10.4 Å². The van der Waals surface area contributed by atoms with Crippen LogP contribution in [0.25, 0.3) is 33.4 Å². The molecule has 0 saturated carbocycles. The Balaban J connectivity index is 0.000000937. The molecule has 2 fully saturated rings. The van der Waals surface area contributed by atoms with Crippen LogP contribution in [0.4, 0.5) is 23.2 Å². The molecule has 0 bridgehead atoms. The first kappa shape index (κ1) is 25.2. The number of carbonyl (C=O) groups excluding carboxylic acids is 3. The molecule has 0 N–H and O–H groups in total. The van der Waals surface area contributed by atoms with Gasteiger partial charge < -0.3 is 19.2 Å². The summed E-state index contributed by atoms with van der Waals surface area (Å²) < 4.78 is 61.4. The van der Waals surface area contributed by atoms with Crippen molar-refractivity contribution in [3.63, 3.8) is 0 Å². The molecule has 2 saturated heterocycles. The molecule has 2 aromatic rings. The minimum atomic E-state index is -2.75. The quantitative estimate of drug-likeness (QED) is 0.232. The number of benzene rings is 3. The summed E-state index contributed by atoms with van der Waals surface area (Å²) in [7, 11) is 0. The van der Waals surface area contributed by atoms with Gasteiger partial charge in [0.15, 0.2) is 0 Å². The molecule has 0 aromatic heterocycles. The third-order valence-electron chi connectivity index (χ3n) is 6.52. The summed E-state index contributed by atoms with van der Waals surface area (Å²) >= 11 is 0. The average Bonchev–Trinajstić information content (AvgIpc) is 2.84. The fourth-order valence-electron chi connectivity index (χ4n) is 4.82. The standard InChI is InChI=1S/C26H18F4N2O3.CO2/c27-25(28)11-31(12-25)15-5-7-19-21(9-15)35-22-10-16(32-13-26(29,30)14-32)6-8-20(22)23(19)17-3-1-2-4-18(17)24(33)34;2-1-3/h1-10H,11-14H2;. The lowest BCUT2D eigenvalue weighted by Gasteiger charge is -2.40. The molecule has 1 aliphatic carbocycles. The van der Waals surface area contributed by atoms with Gasteiger partial charge in [-0.1, -0.05) is 24.3 Å². The molecular formula is C27H18F4N2O5. The highest BCUT2D eigenvalue weighted by molar-refractivity contribution is 6.07. The second-order valence-corrected chi connectivity index (χ2v) is 9.18. The van der Waals surface area contributed by atoms with E-state index in [0.717, 1.165) is 0 Å². The van der Waals surface area contributed by atoms with E-state index >= 15 is 0 Å². The average molecular weight is 526 g/mol. The zero-order chi connectivity index (χ0) is 27.2. The summed E-state index contributed by atoms with van der Waals surface area (Å²) in [5.41, 5.74) is 2.46. The molecule has 6 rings (SSSR count). The molecule has 0 spiro atoms. The lowest BCUT2D eigenvalue weighted by molar-refractivity contribution is -0.255. The summed E-state index contributed by atoms with van der Waals surface area (Å²) in [5, 5.41) is 13.0. The summed E-state index contributed by atoms with van der Waals surface area (Å²) in [6.45, 7) is -1.61. The van der Waals surface area contributed by atoms with Crippen molar-refractivity contribution in [1.82, 2.24) is 4.58 Å². The third kappa shape index (κ3) is 4.52. The second kappa shape index (κ2) is 9.11. The number of aromatic carboxylic acids is 1. The Morgan fingerprint density at radius 2 is 1.61 bits per heavy atom. The van der Waals surface area contributed by atoms with E-state index in [-0.39, 0.29) is 11.7 Å². The highest BCUT2D eigenvalue weighted by Gasteiger charge is 2.50. The fraction of sp³-hybridized carbons (Fsp3) is 0.222. The van der Waals surface area contributed by atoms with Crippen LogP contribution < -0.4 is 19.9 Å². The van der Waals surface area contributed by atoms with Gasteiger partial charge in [0, 0.05) is 39.9 Å². The van der Waals surface area contributed by atoms with Gasteiger partial charge in [-0.15, -0.1) is 0 Å². The topological polar surface area (TPSA) is 93.7 Å².